The van der Waals surface area contributed by atoms with Crippen LogP contribution in [0.1, 0.15) is 15.9 Å². The number of thiophene rings is 1. The monoisotopic (exact) mass is 479 g/mol. The summed E-state index contributed by atoms with van der Waals surface area (Å²) >= 11 is 1.11. The van der Waals surface area contributed by atoms with Gasteiger partial charge in [0.1, 0.15) is 4.21 Å². The van der Waals surface area contributed by atoms with Crippen LogP contribution in [0.3, 0.4) is 0 Å². The molecule has 3 aliphatic heterocycles. The second-order valence-corrected chi connectivity index (χ2v) is 11.0. The molecule has 9 nitrogen and oxygen atoms in total. The van der Waals surface area contributed by atoms with Crippen molar-refractivity contribution in [2.24, 2.45) is 0 Å². The van der Waals surface area contributed by atoms with Gasteiger partial charge in [-0.2, -0.15) is 4.31 Å². The zero-order valence-electron chi connectivity index (χ0n) is 17.6. The molecule has 0 saturated carbocycles. The van der Waals surface area contributed by atoms with Crippen molar-refractivity contribution in [1.82, 2.24) is 14.1 Å². The smallest absolute Gasteiger partial charge is 0.254 e. The van der Waals surface area contributed by atoms with Crippen molar-refractivity contribution >= 4 is 27.3 Å². The zero-order chi connectivity index (χ0) is 22.1. The molecular formula is C21H25N3O6S2. The molecule has 2 aromatic rings. The maximum atomic E-state index is 13.1. The van der Waals surface area contributed by atoms with Gasteiger partial charge in [-0.1, -0.05) is 6.07 Å². The highest BCUT2D eigenvalue weighted by Crippen LogP contribution is 2.33. The molecule has 1 amide bonds. The fourth-order valence-electron chi connectivity index (χ4n) is 4.07. The van der Waals surface area contributed by atoms with Gasteiger partial charge in [-0.25, -0.2) is 8.42 Å². The Bertz CT molecular complexity index is 1090. The molecule has 0 aliphatic carbocycles. The summed E-state index contributed by atoms with van der Waals surface area (Å²) in [6.07, 6.45) is 0. The zero-order valence-corrected chi connectivity index (χ0v) is 19.2. The molecule has 11 heteroatoms. The van der Waals surface area contributed by atoms with E-state index in [0.717, 1.165) is 34.9 Å². The number of morpholine rings is 1. The van der Waals surface area contributed by atoms with Crippen LogP contribution < -0.4 is 9.47 Å². The Balaban J connectivity index is 1.19. The van der Waals surface area contributed by atoms with Gasteiger partial charge in [0.05, 0.1) is 18.8 Å². The highest BCUT2D eigenvalue weighted by atomic mass is 32.2. The lowest BCUT2D eigenvalue weighted by Crippen LogP contribution is -2.48. The number of hydrogen-bond donors (Lipinski definition) is 0. The van der Waals surface area contributed by atoms with Crippen LogP contribution in [0.5, 0.6) is 11.5 Å². The summed E-state index contributed by atoms with van der Waals surface area (Å²) in [4.78, 5) is 16.6. The molecule has 0 N–H and O–H groups in total. The van der Waals surface area contributed by atoms with Crippen molar-refractivity contribution in [3.8, 4) is 11.5 Å². The van der Waals surface area contributed by atoms with Gasteiger partial charge in [-0.15, -0.1) is 11.3 Å². The van der Waals surface area contributed by atoms with E-state index < -0.39 is 10.0 Å². The van der Waals surface area contributed by atoms with E-state index >= 15 is 0 Å². The number of carbonyl (C=O) groups is 1. The fourth-order valence-corrected chi connectivity index (χ4v) is 6.79. The van der Waals surface area contributed by atoms with Gasteiger partial charge < -0.3 is 19.1 Å². The van der Waals surface area contributed by atoms with Crippen molar-refractivity contribution in [3.05, 3.63) is 40.8 Å². The number of amides is 1. The summed E-state index contributed by atoms with van der Waals surface area (Å²) in [7, 11) is -3.62. The summed E-state index contributed by atoms with van der Waals surface area (Å²) in [6.45, 7) is 5.16. The third kappa shape index (κ3) is 4.35. The predicted octanol–water partition coefficient (Wildman–Crippen LogP) is 1.46. The highest BCUT2D eigenvalue weighted by molar-refractivity contribution is 7.91. The van der Waals surface area contributed by atoms with E-state index in [1.54, 1.807) is 10.3 Å². The quantitative estimate of drug-likeness (QED) is 0.642. The van der Waals surface area contributed by atoms with Crippen molar-refractivity contribution in [1.29, 1.82) is 0 Å². The van der Waals surface area contributed by atoms with Crippen LogP contribution in [0.15, 0.2) is 33.9 Å². The van der Waals surface area contributed by atoms with Crippen molar-refractivity contribution < 1.29 is 27.4 Å². The highest BCUT2D eigenvalue weighted by Gasteiger charge is 2.31. The third-order valence-corrected chi connectivity index (χ3v) is 9.20. The van der Waals surface area contributed by atoms with E-state index in [9.17, 15) is 13.2 Å². The minimum absolute atomic E-state index is 0.139. The molecule has 172 valence electrons. The van der Waals surface area contributed by atoms with Gasteiger partial charge in [-0.05, 0) is 23.8 Å². The number of rotatable bonds is 5. The molecule has 5 rings (SSSR count). The minimum atomic E-state index is -3.62. The van der Waals surface area contributed by atoms with Crippen LogP contribution in [-0.4, -0.2) is 87.7 Å². The van der Waals surface area contributed by atoms with Crippen LogP contribution in [0.2, 0.25) is 0 Å². The molecule has 0 bridgehead atoms. The first-order valence-electron chi connectivity index (χ1n) is 10.6. The van der Waals surface area contributed by atoms with Crippen molar-refractivity contribution in [2.75, 3.05) is 59.3 Å². The molecule has 1 aromatic carbocycles. The van der Waals surface area contributed by atoms with Gasteiger partial charge in [-0.3, -0.25) is 9.69 Å². The fraction of sp³-hybridized carbons (Fsp3) is 0.476. The molecule has 0 unspecified atom stereocenters. The van der Waals surface area contributed by atoms with Crippen LogP contribution >= 0.6 is 11.3 Å². The molecule has 2 saturated heterocycles. The Kier molecular flexibility index (Phi) is 6.08. The Morgan fingerprint density at radius 1 is 0.969 bits per heavy atom. The molecule has 32 heavy (non-hydrogen) atoms. The molecule has 0 atom stereocenters. The number of sulfonamides is 1. The average molecular weight is 480 g/mol. The maximum Gasteiger partial charge on any atom is 0.254 e. The number of nitrogens with zero attached hydrogens (tertiary/aromatic N) is 3. The molecule has 2 fully saturated rings. The molecular weight excluding hydrogens is 454 g/mol. The van der Waals surface area contributed by atoms with Crippen LogP contribution in [-0.2, 0) is 21.3 Å². The third-order valence-electron chi connectivity index (χ3n) is 5.89. The van der Waals surface area contributed by atoms with Gasteiger partial charge in [0.25, 0.3) is 15.9 Å². The van der Waals surface area contributed by atoms with Crippen molar-refractivity contribution in [3.63, 3.8) is 0 Å². The first-order chi connectivity index (χ1) is 15.5. The van der Waals surface area contributed by atoms with Crippen LogP contribution in [0, 0.1) is 0 Å². The number of fused-ring (bicyclic) bond motifs is 1. The van der Waals surface area contributed by atoms with Crippen LogP contribution in [0.25, 0.3) is 0 Å². The van der Waals surface area contributed by atoms with Gasteiger partial charge in [0.2, 0.25) is 6.79 Å². The molecule has 0 radical (unpaired) electrons. The lowest BCUT2D eigenvalue weighted by molar-refractivity contribution is 0.0303. The Morgan fingerprint density at radius 2 is 1.72 bits per heavy atom. The minimum Gasteiger partial charge on any atom is -0.454 e. The summed E-state index contributed by atoms with van der Waals surface area (Å²) < 4.78 is 44.1. The lowest BCUT2D eigenvalue weighted by Gasteiger charge is -2.33. The normalized spacial score (nSPS) is 19.9. The first-order valence-corrected chi connectivity index (χ1v) is 12.9. The number of benzene rings is 1. The number of piperazine rings is 1. The maximum absolute atomic E-state index is 13.1. The van der Waals surface area contributed by atoms with E-state index in [1.165, 1.54) is 10.4 Å². The second kappa shape index (κ2) is 8.99. The van der Waals surface area contributed by atoms with E-state index in [2.05, 4.69) is 4.90 Å². The van der Waals surface area contributed by atoms with Gasteiger partial charge in [0.15, 0.2) is 11.5 Å². The molecule has 4 heterocycles. The predicted molar refractivity (Wildman–Crippen MR) is 118 cm³/mol. The summed E-state index contributed by atoms with van der Waals surface area (Å²) in [5, 5.41) is 1.64. The lowest BCUT2D eigenvalue weighted by atomic mass is 10.2. The molecule has 0 spiro atoms. The van der Waals surface area contributed by atoms with Crippen LogP contribution in [0.4, 0.5) is 0 Å². The van der Waals surface area contributed by atoms with E-state index in [-0.39, 0.29) is 16.9 Å². The standard InChI is InChI=1S/C21H25N3O6S2/c25-21(23-7-9-28-10-8-23)17-12-20(31-14-17)32(26,27)24-5-3-22(4-6-24)13-16-1-2-18-19(11-16)30-15-29-18/h1-2,11-12,14H,3-10,13,15H2. The summed E-state index contributed by atoms with van der Waals surface area (Å²) in [6, 6.07) is 7.40. The number of hydrogen-bond acceptors (Lipinski definition) is 8. The largest absolute Gasteiger partial charge is 0.454 e. The molecule has 1 aromatic heterocycles. The van der Waals surface area contributed by atoms with E-state index in [1.807, 2.05) is 18.2 Å². The van der Waals surface area contributed by atoms with Crippen molar-refractivity contribution in [2.45, 2.75) is 10.8 Å². The number of carbonyl (C=O) groups excluding carboxylic acids is 1. The summed E-state index contributed by atoms with van der Waals surface area (Å²) in [5.74, 6) is 1.37. The molecule has 3 aliphatic rings. The first kappa shape index (κ1) is 21.7. The Hall–Kier alpha value is -2.18. The Labute approximate surface area is 191 Å². The summed E-state index contributed by atoms with van der Waals surface area (Å²) in [5.41, 5.74) is 1.53. The number of ether oxygens (including phenoxy) is 3. The van der Waals surface area contributed by atoms with Gasteiger partial charge >= 0.3 is 0 Å². The van der Waals surface area contributed by atoms with Gasteiger partial charge in [0, 0.05) is 51.2 Å². The second-order valence-electron chi connectivity index (χ2n) is 7.93. The van der Waals surface area contributed by atoms with E-state index in [0.29, 0.717) is 58.0 Å². The SMILES string of the molecule is O=C(c1csc(S(=O)(=O)N2CCN(Cc3ccc4c(c3)OCO4)CC2)c1)N1CCOCC1. The Morgan fingerprint density at radius 3 is 2.50 bits per heavy atom. The topological polar surface area (TPSA) is 88.6 Å². The average Bonchev–Trinajstić information content (AvgIpc) is 3.49. The van der Waals surface area contributed by atoms with E-state index in [4.69, 9.17) is 14.2 Å².